The van der Waals surface area contributed by atoms with Crippen molar-refractivity contribution in [2.24, 2.45) is 5.73 Å². The zero-order chi connectivity index (χ0) is 12.4. The molecule has 0 aliphatic carbocycles. The van der Waals surface area contributed by atoms with Crippen molar-refractivity contribution in [3.05, 3.63) is 34.6 Å². The fourth-order valence-electron chi connectivity index (χ4n) is 2.03. The van der Waals surface area contributed by atoms with Gasteiger partial charge in [-0.3, -0.25) is 4.79 Å². The van der Waals surface area contributed by atoms with E-state index in [0.717, 1.165) is 12.8 Å². The lowest BCUT2D eigenvalue weighted by molar-refractivity contribution is 0.0704. The largest absolute Gasteiger partial charge is 0.337 e. The molecule has 1 amide bonds. The number of hydrogen-bond acceptors (Lipinski definition) is 2. The monoisotopic (exact) mass is 292 g/mol. The van der Waals surface area contributed by atoms with E-state index in [-0.39, 0.29) is 34.9 Å². The Kier molecular flexibility index (Phi) is 5.38. The third kappa shape index (κ3) is 3.13. The molecule has 1 aromatic carbocycles. The Bertz CT molecular complexity index is 442. The van der Waals surface area contributed by atoms with Crippen LogP contribution in [0.15, 0.2) is 18.2 Å². The molecule has 0 radical (unpaired) electrons. The van der Waals surface area contributed by atoms with Crippen molar-refractivity contribution in [3.8, 4) is 0 Å². The highest BCUT2D eigenvalue weighted by Gasteiger charge is 2.24. The zero-order valence-corrected chi connectivity index (χ0v) is 11.3. The smallest absolute Gasteiger partial charge is 0.256 e. The summed E-state index contributed by atoms with van der Waals surface area (Å²) >= 11 is 5.66. The highest BCUT2D eigenvalue weighted by atomic mass is 35.5. The molecule has 0 saturated carbocycles. The van der Waals surface area contributed by atoms with Crippen molar-refractivity contribution in [1.82, 2.24) is 4.90 Å². The Labute approximate surface area is 116 Å². The Morgan fingerprint density at radius 3 is 2.89 bits per heavy atom. The van der Waals surface area contributed by atoms with Crippen LogP contribution < -0.4 is 5.73 Å². The number of carbonyl (C=O) groups is 1. The van der Waals surface area contributed by atoms with Gasteiger partial charge >= 0.3 is 0 Å². The molecule has 0 spiro atoms. The van der Waals surface area contributed by atoms with E-state index in [1.807, 2.05) is 0 Å². The fourth-order valence-corrected chi connectivity index (χ4v) is 2.21. The van der Waals surface area contributed by atoms with Crippen LogP contribution in [0, 0.1) is 5.82 Å². The molecule has 0 bridgehead atoms. The van der Waals surface area contributed by atoms with Crippen LogP contribution in [-0.2, 0) is 0 Å². The van der Waals surface area contributed by atoms with Crippen LogP contribution in [0.2, 0.25) is 5.02 Å². The summed E-state index contributed by atoms with van der Waals surface area (Å²) in [5.41, 5.74) is 5.82. The van der Waals surface area contributed by atoms with E-state index in [1.54, 1.807) is 11.0 Å². The second-order valence-electron chi connectivity index (χ2n) is 4.25. The minimum atomic E-state index is -0.654. The summed E-state index contributed by atoms with van der Waals surface area (Å²) in [6.45, 7) is 1.10. The van der Waals surface area contributed by atoms with Crippen molar-refractivity contribution >= 4 is 29.9 Å². The molecule has 1 fully saturated rings. The van der Waals surface area contributed by atoms with E-state index in [1.165, 1.54) is 12.1 Å². The molecule has 1 heterocycles. The van der Waals surface area contributed by atoms with Gasteiger partial charge in [-0.1, -0.05) is 17.7 Å². The third-order valence-corrected chi connectivity index (χ3v) is 3.22. The van der Waals surface area contributed by atoms with Crippen LogP contribution in [0.25, 0.3) is 0 Å². The maximum atomic E-state index is 13.7. The first kappa shape index (κ1) is 15.2. The molecular formula is C12H15Cl2FN2O. The van der Waals surface area contributed by atoms with E-state index in [0.29, 0.717) is 13.1 Å². The molecule has 6 heteroatoms. The van der Waals surface area contributed by atoms with E-state index in [2.05, 4.69) is 0 Å². The summed E-state index contributed by atoms with van der Waals surface area (Å²) in [6.07, 6.45) is 1.76. The summed E-state index contributed by atoms with van der Waals surface area (Å²) in [5, 5.41) is -0.0304. The predicted octanol–water partition coefficient (Wildman–Crippen LogP) is 2.46. The number of likely N-dealkylation sites (tertiary alicyclic amines) is 1. The van der Waals surface area contributed by atoms with Gasteiger partial charge in [0.2, 0.25) is 0 Å². The molecule has 0 aromatic heterocycles. The van der Waals surface area contributed by atoms with Crippen molar-refractivity contribution in [2.75, 3.05) is 13.1 Å². The third-order valence-electron chi connectivity index (χ3n) is 2.93. The standard InChI is InChI=1S/C12H14ClFN2O.ClH/c13-10-5-1-4-9(11(10)14)12(17)16-6-2-3-8(15)7-16;/h1,4-5,8H,2-3,6-7,15H2;1H. The molecule has 1 aliphatic rings. The summed E-state index contributed by atoms with van der Waals surface area (Å²) in [4.78, 5) is 13.7. The summed E-state index contributed by atoms with van der Waals surface area (Å²) in [6, 6.07) is 4.43. The average Bonchev–Trinajstić information content (AvgIpc) is 2.32. The lowest BCUT2D eigenvalue weighted by Crippen LogP contribution is -2.45. The molecule has 1 atom stereocenters. The van der Waals surface area contributed by atoms with E-state index in [4.69, 9.17) is 17.3 Å². The number of nitrogens with two attached hydrogens (primary N) is 1. The van der Waals surface area contributed by atoms with E-state index < -0.39 is 5.82 Å². The topological polar surface area (TPSA) is 46.3 Å². The molecule has 1 aliphatic heterocycles. The van der Waals surface area contributed by atoms with Crippen molar-refractivity contribution in [1.29, 1.82) is 0 Å². The van der Waals surface area contributed by atoms with Crippen LogP contribution in [-0.4, -0.2) is 29.9 Å². The molecule has 1 unspecified atom stereocenters. The highest BCUT2D eigenvalue weighted by Crippen LogP contribution is 2.20. The first-order valence-corrected chi connectivity index (χ1v) is 5.96. The van der Waals surface area contributed by atoms with Gasteiger partial charge in [-0.05, 0) is 25.0 Å². The van der Waals surface area contributed by atoms with Crippen LogP contribution in [0.5, 0.6) is 0 Å². The average molecular weight is 293 g/mol. The van der Waals surface area contributed by atoms with Gasteiger partial charge < -0.3 is 10.6 Å². The van der Waals surface area contributed by atoms with Gasteiger partial charge in [0.05, 0.1) is 10.6 Å². The molecule has 1 aromatic rings. The second-order valence-corrected chi connectivity index (χ2v) is 4.66. The number of hydrogen-bond donors (Lipinski definition) is 1. The highest BCUT2D eigenvalue weighted by molar-refractivity contribution is 6.31. The van der Waals surface area contributed by atoms with Gasteiger partial charge in [0.25, 0.3) is 5.91 Å². The van der Waals surface area contributed by atoms with Gasteiger partial charge in [-0.25, -0.2) is 4.39 Å². The van der Waals surface area contributed by atoms with Crippen molar-refractivity contribution in [3.63, 3.8) is 0 Å². The maximum absolute atomic E-state index is 13.7. The minimum absolute atomic E-state index is 0. The van der Waals surface area contributed by atoms with Gasteiger partial charge in [0.1, 0.15) is 0 Å². The number of piperidine rings is 1. The van der Waals surface area contributed by atoms with Crippen LogP contribution in [0.4, 0.5) is 4.39 Å². The lowest BCUT2D eigenvalue weighted by atomic mass is 10.1. The number of carbonyl (C=O) groups excluding carboxylic acids is 1. The first-order valence-electron chi connectivity index (χ1n) is 5.58. The van der Waals surface area contributed by atoms with E-state index >= 15 is 0 Å². The van der Waals surface area contributed by atoms with Crippen LogP contribution in [0.3, 0.4) is 0 Å². The van der Waals surface area contributed by atoms with Gasteiger partial charge in [0, 0.05) is 19.1 Å². The number of nitrogens with zero attached hydrogens (tertiary/aromatic N) is 1. The normalized spacial score (nSPS) is 19.3. The zero-order valence-electron chi connectivity index (χ0n) is 9.73. The Morgan fingerprint density at radius 1 is 1.50 bits per heavy atom. The minimum Gasteiger partial charge on any atom is -0.337 e. The van der Waals surface area contributed by atoms with Gasteiger partial charge in [0.15, 0.2) is 5.82 Å². The van der Waals surface area contributed by atoms with Gasteiger partial charge in [-0.2, -0.15) is 0 Å². The summed E-state index contributed by atoms with van der Waals surface area (Å²) in [7, 11) is 0. The quantitative estimate of drug-likeness (QED) is 0.864. The SMILES string of the molecule is Cl.NC1CCCN(C(=O)c2cccc(Cl)c2F)C1. The second kappa shape index (κ2) is 6.36. The molecule has 2 N–H and O–H groups in total. The number of halogens is 3. The summed E-state index contributed by atoms with van der Waals surface area (Å²) in [5.74, 6) is -0.988. The van der Waals surface area contributed by atoms with Crippen molar-refractivity contribution in [2.45, 2.75) is 18.9 Å². The molecule has 100 valence electrons. The Balaban J connectivity index is 0.00000162. The maximum Gasteiger partial charge on any atom is 0.256 e. The molecule has 1 saturated heterocycles. The molecule has 18 heavy (non-hydrogen) atoms. The molecular weight excluding hydrogens is 278 g/mol. The van der Waals surface area contributed by atoms with Gasteiger partial charge in [-0.15, -0.1) is 12.4 Å². The predicted molar refractivity (Wildman–Crippen MR) is 71.8 cm³/mol. The number of amides is 1. The lowest BCUT2D eigenvalue weighted by Gasteiger charge is -2.30. The number of benzene rings is 1. The fraction of sp³-hybridized carbons (Fsp3) is 0.417. The Morgan fingerprint density at radius 2 is 2.22 bits per heavy atom. The van der Waals surface area contributed by atoms with Crippen LogP contribution in [0.1, 0.15) is 23.2 Å². The van der Waals surface area contributed by atoms with E-state index in [9.17, 15) is 9.18 Å². The Hall–Kier alpha value is -0.840. The molecule has 3 nitrogen and oxygen atoms in total. The first-order chi connectivity index (χ1) is 8.09. The molecule has 2 rings (SSSR count). The number of rotatable bonds is 1. The summed E-state index contributed by atoms with van der Waals surface area (Å²) < 4.78 is 13.7. The van der Waals surface area contributed by atoms with Crippen molar-refractivity contribution < 1.29 is 9.18 Å². The van der Waals surface area contributed by atoms with Crippen LogP contribution >= 0.6 is 24.0 Å².